The first kappa shape index (κ1) is 19.1. The van der Waals surface area contributed by atoms with Crippen LogP contribution in [0.25, 0.3) is 21.7 Å². The van der Waals surface area contributed by atoms with Gasteiger partial charge in [0.1, 0.15) is 5.82 Å². The second kappa shape index (κ2) is 8.00. The summed E-state index contributed by atoms with van der Waals surface area (Å²) in [6.07, 6.45) is 1.77. The number of nitrogens with one attached hydrogen (secondary N) is 1. The SMILES string of the molecule is CC(C)N(Cc1nc2ccccc2c(=O)[nH]1)C(=O)Cc1csc(-c2ccco2)n1. The van der Waals surface area contributed by atoms with Crippen molar-refractivity contribution < 1.29 is 9.21 Å². The second-order valence-corrected chi connectivity index (χ2v) is 7.80. The van der Waals surface area contributed by atoms with Crippen molar-refractivity contribution in [1.29, 1.82) is 0 Å². The van der Waals surface area contributed by atoms with E-state index >= 15 is 0 Å². The molecule has 0 aliphatic heterocycles. The molecule has 8 heteroatoms. The zero-order valence-corrected chi connectivity index (χ0v) is 16.9. The van der Waals surface area contributed by atoms with Gasteiger partial charge in [0.2, 0.25) is 5.91 Å². The zero-order valence-electron chi connectivity index (χ0n) is 16.1. The van der Waals surface area contributed by atoms with Crippen LogP contribution in [0.15, 0.2) is 57.3 Å². The van der Waals surface area contributed by atoms with Gasteiger partial charge in [-0.05, 0) is 38.1 Å². The molecule has 3 aromatic heterocycles. The number of aromatic amines is 1. The van der Waals surface area contributed by atoms with E-state index in [4.69, 9.17) is 4.42 Å². The van der Waals surface area contributed by atoms with E-state index in [2.05, 4.69) is 15.0 Å². The molecular weight excluding hydrogens is 388 g/mol. The Morgan fingerprint density at radius 3 is 2.79 bits per heavy atom. The summed E-state index contributed by atoms with van der Waals surface area (Å²) in [5, 5.41) is 3.14. The molecule has 0 fully saturated rings. The van der Waals surface area contributed by atoms with Crippen LogP contribution in [0, 0.1) is 0 Å². The highest BCUT2D eigenvalue weighted by molar-refractivity contribution is 7.13. The third kappa shape index (κ3) is 4.12. The summed E-state index contributed by atoms with van der Waals surface area (Å²) >= 11 is 1.44. The number of fused-ring (bicyclic) bond motifs is 1. The Labute approximate surface area is 171 Å². The number of para-hydroxylation sites is 1. The van der Waals surface area contributed by atoms with Crippen molar-refractivity contribution in [3.8, 4) is 10.8 Å². The molecule has 29 heavy (non-hydrogen) atoms. The Hall–Kier alpha value is -3.26. The Balaban J connectivity index is 1.53. The molecular formula is C21H20N4O3S. The van der Waals surface area contributed by atoms with E-state index < -0.39 is 0 Å². The molecule has 3 heterocycles. The van der Waals surface area contributed by atoms with Gasteiger partial charge in [0.25, 0.3) is 5.56 Å². The van der Waals surface area contributed by atoms with Crippen molar-refractivity contribution in [3.05, 3.63) is 69.9 Å². The predicted molar refractivity (Wildman–Crippen MR) is 112 cm³/mol. The third-order valence-corrected chi connectivity index (χ3v) is 5.45. The summed E-state index contributed by atoms with van der Waals surface area (Å²) in [5.74, 6) is 1.07. The Morgan fingerprint density at radius 1 is 1.21 bits per heavy atom. The van der Waals surface area contributed by atoms with Crippen molar-refractivity contribution in [1.82, 2.24) is 19.9 Å². The molecule has 1 N–H and O–H groups in total. The van der Waals surface area contributed by atoms with E-state index in [0.29, 0.717) is 28.2 Å². The quantitative estimate of drug-likeness (QED) is 0.526. The fourth-order valence-electron chi connectivity index (χ4n) is 3.09. The highest BCUT2D eigenvalue weighted by atomic mass is 32.1. The van der Waals surface area contributed by atoms with E-state index in [1.807, 2.05) is 31.4 Å². The van der Waals surface area contributed by atoms with Gasteiger partial charge in [0, 0.05) is 11.4 Å². The number of aromatic nitrogens is 3. The monoisotopic (exact) mass is 408 g/mol. The molecule has 0 spiro atoms. The zero-order chi connectivity index (χ0) is 20.4. The molecule has 0 radical (unpaired) electrons. The lowest BCUT2D eigenvalue weighted by Gasteiger charge is -2.26. The normalized spacial score (nSPS) is 11.3. The lowest BCUT2D eigenvalue weighted by Crippen LogP contribution is -2.38. The number of carbonyl (C=O) groups is 1. The molecule has 0 atom stereocenters. The van der Waals surface area contributed by atoms with E-state index in [1.165, 1.54) is 11.3 Å². The van der Waals surface area contributed by atoms with Crippen LogP contribution in [0.4, 0.5) is 0 Å². The van der Waals surface area contributed by atoms with Gasteiger partial charge in [0.15, 0.2) is 10.8 Å². The summed E-state index contributed by atoms with van der Waals surface area (Å²) in [7, 11) is 0. The van der Waals surface area contributed by atoms with Crippen LogP contribution >= 0.6 is 11.3 Å². The van der Waals surface area contributed by atoms with Gasteiger partial charge in [-0.15, -0.1) is 11.3 Å². The van der Waals surface area contributed by atoms with Gasteiger partial charge >= 0.3 is 0 Å². The lowest BCUT2D eigenvalue weighted by atomic mass is 10.2. The maximum absolute atomic E-state index is 13.0. The van der Waals surface area contributed by atoms with Crippen LogP contribution in [-0.2, 0) is 17.8 Å². The highest BCUT2D eigenvalue weighted by Gasteiger charge is 2.21. The number of rotatable bonds is 6. The molecule has 4 rings (SSSR count). The number of nitrogens with zero attached hydrogens (tertiary/aromatic N) is 3. The van der Waals surface area contributed by atoms with Crippen molar-refractivity contribution >= 4 is 28.1 Å². The van der Waals surface area contributed by atoms with E-state index in [0.717, 1.165) is 5.01 Å². The van der Waals surface area contributed by atoms with Crippen molar-refractivity contribution in [2.24, 2.45) is 0 Å². The van der Waals surface area contributed by atoms with Gasteiger partial charge < -0.3 is 14.3 Å². The van der Waals surface area contributed by atoms with Crippen LogP contribution in [0.3, 0.4) is 0 Å². The first-order chi connectivity index (χ1) is 14.0. The number of amides is 1. The second-order valence-electron chi connectivity index (χ2n) is 6.94. The largest absolute Gasteiger partial charge is 0.462 e. The summed E-state index contributed by atoms with van der Waals surface area (Å²) in [6.45, 7) is 4.10. The highest BCUT2D eigenvalue weighted by Crippen LogP contribution is 2.24. The molecule has 7 nitrogen and oxygen atoms in total. The smallest absolute Gasteiger partial charge is 0.258 e. The number of benzene rings is 1. The van der Waals surface area contributed by atoms with Crippen molar-refractivity contribution in [2.75, 3.05) is 0 Å². The molecule has 4 aromatic rings. The molecule has 0 saturated heterocycles. The maximum Gasteiger partial charge on any atom is 0.258 e. The van der Waals surface area contributed by atoms with E-state index in [9.17, 15) is 9.59 Å². The molecule has 0 saturated carbocycles. The fraction of sp³-hybridized carbons (Fsp3) is 0.238. The van der Waals surface area contributed by atoms with Crippen LogP contribution in [0.2, 0.25) is 0 Å². The third-order valence-electron chi connectivity index (χ3n) is 4.54. The van der Waals surface area contributed by atoms with E-state index in [1.54, 1.807) is 35.4 Å². The van der Waals surface area contributed by atoms with Gasteiger partial charge in [-0.25, -0.2) is 9.97 Å². The van der Waals surface area contributed by atoms with Gasteiger partial charge in [-0.3, -0.25) is 9.59 Å². The van der Waals surface area contributed by atoms with Crippen LogP contribution in [0.5, 0.6) is 0 Å². The summed E-state index contributed by atoms with van der Waals surface area (Å²) in [5.41, 5.74) is 1.10. The Bertz CT molecular complexity index is 1190. The number of H-pyrrole nitrogens is 1. The van der Waals surface area contributed by atoms with Gasteiger partial charge in [0.05, 0.1) is 35.8 Å². The minimum atomic E-state index is -0.204. The fourth-order valence-corrected chi connectivity index (χ4v) is 3.87. The average molecular weight is 408 g/mol. The first-order valence-electron chi connectivity index (χ1n) is 9.27. The summed E-state index contributed by atoms with van der Waals surface area (Å²) in [4.78, 5) is 38.8. The average Bonchev–Trinajstić information content (AvgIpc) is 3.37. The minimum absolute atomic E-state index is 0.0533. The minimum Gasteiger partial charge on any atom is -0.462 e. The number of furan rings is 1. The molecule has 0 unspecified atom stereocenters. The summed E-state index contributed by atoms with van der Waals surface area (Å²) < 4.78 is 5.36. The number of hydrogen-bond acceptors (Lipinski definition) is 6. The van der Waals surface area contributed by atoms with Gasteiger partial charge in [-0.2, -0.15) is 0 Å². The van der Waals surface area contributed by atoms with Crippen molar-refractivity contribution in [3.63, 3.8) is 0 Å². The lowest BCUT2D eigenvalue weighted by molar-refractivity contribution is -0.133. The predicted octanol–water partition coefficient (Wildman–Crippen LogP) is 3.62. The molecule has 1 aromatic carbocycles. The standard InChI is InChI=1S/C21H20N4O3S/c1-13(2)25(11-18-23-16-7-4-3-6-15(16)20(27)24-18)19(26)10-14-12-29-21(22-14)17-8-5-9-28-17/h3-9,12-13H,10-11H2,1-2H3,(H,23,24,27). The van der Waals surface area contributed by atoms with Gasteiger partial charge in [-0.1, -0.05) is 12.1 Å². The van der Waals surface area contributed by atoms with Crippen LogP contribution < -0.4 is 5.56 Å². The molecule has 1 amide bonds. The topological polar surface area (TPSA) is 92.1 Å². The van der Waals surface area contributed by atoms with Crippen molar-refractivity contribution in [2.45, 2.75) is 32.9 Å². The molecule has 0 aliphatic rings. The summed E-state index contributed by atoms with van der Waals surface area (Å²) in [6, 6.07) is 10.8. The number of thiazole rings is 1. The molecule has 0 aliphatic carbocycles. The Morgan fingerprint density at radius 2 is 2.03 bits per heavy atom. The first-order valence-corrected chi connectivity index (χ1v) is 10.1. The number of carbonyl (C=O) groups excluding carboxylic acids is 1. The van der Waals surface area contributed by atoms with Crippen LogP contribution in [-0.4, -0.2) is 31.8 Å². The molecule has 0 bridgehead atoms. The maximum atomic E-state index is 13.0. The Kier molecular flexibility index (Phi) is 5.26. The van der Waals surface area contributed by atoms with Crippen LogP contribution in [0.1, 0.15) is 25.4 Å². The number of hydrogen-bond donors (Lipinski definition) is 1. The van der Waals surface area contributed by atoms with E-state index in [-0.39, 0.29) is 30.5 Å². The molecule has 148 valence electrons.